The van der Waals surface area contributed by atoms with E-state index in [-0.39, 0.29) is 12.6 Å². The highest BCUT2D eigenvalue weighted by Gasteiger charge is 2.37. The Morgan fingerprint density at radius 2 is 1.88 bits per heavy atom. The predicted molar refractivity (Wildman–Crippen MR) is 68.5 cm³/mol. The monoisotopic (exact) mass is 224 g/mol. The Bertz CT molecular complexity index is 213. The summed E-state index contributed by atoms with van der Waals surface area (Å²) >= 11 is 0. The third-order valence-electron chi connectivity index (χ3n) is 4.18. The third kappa shape index (κ3) is 3.22. The highest BCUT2D eigenvalue weighted by atomic mass is 16.2. The Balaban J connectivity index is 1.73. The van der Waals surface area contributed by atoms with Crippen LogP contribution in [-0.4, -0.2) is 42.1 Å². The van der Waals surface area contributed by atoms with E-state index in [9.17, 15) is 5.02 Å². The molecule has 0 aromatic carbocycles. The Labute approximate surface area is 99.7 Å². The molecule has 3 nitrogen and oxygen atoms in total. The van der Waals surface area contributed by atoms with Gasteiger partial charge in [0.15, 0.2) is 0 Å². The largest absolute Gasteiger partial charge is 0.437 e. The van der Waals surface area contributed by atoms with Crippen molar-refractivity contribution in [2.75, 3.05) is 19.6 Å². The quantitative estimate of drug-likeness (QED) is 0.694. The van der Waals surface area contributed by atoms with Gasteiger partial charge >= 0.3 is 7.05 Å². The maximum atomic E-state index is 9.47. The first kappa shape index (κ1) is 12.4. The van der Waals surface area contributed by atoms with Crippen molar-refractivity contribution in [3.8, 4) is 0 Å². The van der Waals surface area contributed by atoms with Crippen LogP contribution >= 0.6 is 0 Å². The standard InChI is InChI=1S/C12H25BN2O/c1-13(16)14-12(6-5-7-12)8-11-15-9-3-2-4-10-15/h14,16H,2-11H2,1H3. The van der Waals surface area contributed by atoms with Crippen LogP contribution in [0.2, 0.25) is 6.82 Å². The number of piperidine rings is 1. The molecular formula is C12H25BN2O. The second-order valence-electron chi connectivity index (χ2n) is 5.61. The van der Waals surface area contributed by atoms with E-state index in [2.05, 4.69) is 10.1 Å². The molecule has 2 fully saturated rings. The number of hydrogen-bond donors (Lipinski definition) is 2. The van der Waals surface area contributed by atoms with Gasteiger partial charge in [0.1, 0.15) is 0 Å². The topological polar surface area (TPSA) is 35.5 Å². The lowest BCUT2D eigenvalue weighted by Gasteiger charge is -2.45. The number of nitrogens with one attached hydrogen (secondary N) is 1. The second kappa shape index (κ2) is 5.52. The Kier molecular flexibility index (Phi) is 4.28. The molecule has 1 saturated carbocycles. The van der Waals surface area contributed by atoms with Gasteiger partial charge in [0, 0.05) is 5.54 Å². The molecule has 4 heteroatoms. The van der Waals surface area contributed by atoms with E-state index in [0.717, 1.165) is 0 Å². The minimum atomic E-state index is -0.360. The van der Waals surface area contributed by atoms with Gasteiger partial charge < -0.3 is 15.2 Å². The van der Waals surface area contributed by atoms with Gasteiger partial charge in [-0.05, 0) is 65.0 Å². The lowest BCUT2D eigenvalue weighted by Crippen LogP contribution is -2.57. The summed E-state index contributed by atoms with van der Waals surface area (Å²) in [6, 6.07) is 0. The molecule has 0 spiro atoms. The first-order chi connectivity index (χ1) is 7.70. The smallest absolute Gasteiger partial charge is 0.374 e. The number of likely N-dealkylation sites (tertiary alicyclic amines) is 1. The molecule has 0 radical (unpaired) electrons. The fraction of sp³-hybridized carbons (Fsp3) is 1.00. The predicted octanol–water partition coefficient (Wildman–Crippen LogP) is 1.48. The lowest BCUT2D eigenvalue weighted by atomic mass is 9.69. The summed E-state index contributed by atoms with van der Waals surface area (Å²) < 4.78 is 0. The molecule has 0 unspecified atom stereocenters. The van der Waals surface area contributed by atoms with Crippen molar-refractivity contribution in [1.82, 2.24) is 10.1 Å². The molecule has 2 N–H and O–H groups in total. The number of hydrogen-bond acceptors (Lipinski definition) is 3. The van der Waals surface area contributed by atoms with Crippen molar-refractivity contribution in [3.63, 3.8) is 0 Å². The van der Waals surface area contributed by atoms with Gasteiger partial charge in [0.25, 0.3) is 0 Å². The van der Waals surface area contributed by atoms with Crippen molar-refractivity contribution in [1.29, 1.82) is 0 Å². The van der Waals surface area contributed by atoms with Gasteiger partial charge in [-0.3, -0.25) is 0 Å². The van der Waals surface area contributed by atoms with E-state index in [1.54, 1.807) is 0 Å². The SMILES string of the molecule is CB(O)NC1(CCN2CCCCC2)CCC1. The van der Waals surface area contributed by atoms with Crippen molar-refractivity contribution in [2.24, 2.45) is 0 Å². The zero-order chi connectivity index (χ0) is 11.4. The molecule has 0 aromatic rings. The Morgan fingerprint density at radius 1 is 1.19 bits per heavy atom. The van der Waals surface area contributed by atoms with E-state index >= 15 is 0 Å². The first-order valence-electron chi connectivity index (χ1n) is 6.88. The molecule has 0 aromatic heterocycles. The molecule has 2 rings (SSSR count). The third-order valence-corrected chi connectivity index (χ3v) is 4.18. The van der Waals surface area contributed by atoms with Gasteiger partial charge in [-0.2, -0.15) is 0 Å². The zero-order valence-electron chi connectivity index (χ0n) is 10.5. The van der Waals surface area contributed by atoms with Crippen molar-refractivity contribution in [2.45, 2.75) is 57.3 Å². The fourth-order valence-corrected chi connectivity index (χ4v) is 3.07. The number of rotatable bonds is 5. The van der Waals surface area contributed by atoms with Crippen LogP contribution in [0.3, 0.4) is 0 Å². The van der Waals surface area contributed by atoms with Gasteiger partial charge in [-0.15, -0.1) is 0 Å². The van der Waals surface area contributed by atoms with Crippen LogP contribution in [0, 0.1) is 0 Å². The molecule has 1 saturated heterocycles. The summed E-state index contributed by atoms with van der Waals surface area (Å²) in [6.45, 7) is 5.61. The molecule has 0 amide bonds. The second-order valence-corrected chi connectivity index (χ2v) is 5.61. The van der Waals surface area contributed by atoms with Crippen LogP contribution < -0.4 is 5.23 Å². The molecule has 1 heterocycles. The molecule has 92 valence electrons. The lowest BCUT2D eigenvalue weighted by molar-refractivity contribution is 0.148. The maximum absolute atomic E-state index is 9.47. The fourth-order valence-electron chi connectivity index (χ4n) is 3.07. The molecule has 1 aliphatic carbocycles. The minimum absolute atomic E-state index is 0.256. The first-order valence-corrected chi connectivity index (χ1v) is 6.88. The summed E-state index contributed by atoms with van der Waals surface area (Å²) in [4.78, 5) is 2.59. The van der Waals surface area contributed by atoms with Crippen LogP contribution in [0.25, 0.3) is 0 Å². The van der Waals surface area contributed by atoms with Crippen LogP contribution in [0.15, 0.2) is 0 Å². The molecule has 0 atom stereocenters. The molecule has 16 heavy (non-hydrogen) atoms. The highest BCUT2D eigenvalue weighted by molar-refractivity contribution is 6.45. The van der Waals surface area contributed by atoms with Crippen LogP contribution in [0.1, 0.15) is 44.9 Å². The van der Waals surface area contributed by atoms with E-state index in [0.29, 0.717) is 0 Å². The Hall–Kier alpha value is -0.0551. The zero-order valence-corrected chi connectivity index (χ0v) is 10.5. The Morgan fingerprint density at radius 3 is 2.38 bits per heavy atom. The van der Waals surface area contributed by atoms with Gasteiger partial charge in [0.2, 0.25) is 0 Å². The van der Waals surface area contributed by atoms with Gasteiger partial charge in [-0.1, -0.05) is 6.42 Å². The van der Waals surface area contributed by atoms with Crippen LogP contribution in [-0.2, 0) is 0 Å². The average molecular weight is 224 g/mol. The van der Waals surface area contributed by atoms with Gasteiger partial charge in [-0.25, -0.2) is 0 Å². The summed E-state index contributed by atoms with van der Waals surface area (Å²) in [5, 5.41) is 12.8. The maximum Gasteiger partial charge on any atom is 0.374 e. The minimum Gasteiger partial charge on any atom is -0.437 e. The van der Waals surface area contributed by atoms with Crippen molar-refractivity contribution in [3.05, 3.63) is 0 Å². The van der Waals surface area contributed by atoms with Crippen LogP contribution in [0.4, 0.5) is 0 Å². The highest BCUT2D eigenvalue weighted by Crippen LogP contribution is 2.35. The normalized spacial score (nSPS) is 25.1. The van der Waals surface area contributed by atoms with E-state index in [1.807, 2.05) is 6.82 Å². The summed E-state index contributed by atoms with van der Waals surface area (Å²) in [5.74, 6) is 0. The summed E-state index contributed by atoms with van der Waals surface area (Å²) in [5.41, 5.74) is 0.256. The molecular weight excluding hydrogens is 199 g/mol. The molecule has 2 aliphatic rings. The average Bonchev–Trinajstić information content (AvgIpc) is 2.23. The van der Waals surface area contributed by atoms with Crippen molar-refractivity contribution >= 4 is 7.05 Å². The summed E-state index contributed by atoms with van der Waals surface area (Å²) in [6.07, 6.45) is 9.16. The van der Waals surface area contributed by atoms with E-state index < -0.39 is 0 Å². The van der Waals surface area contributed by atoms with E-state index in [1.165, 1.54) is 64.6 Å². The van der Waals surface area contributed by atoms with Crippen molar-refractivity contribution < 1.29 is 5.02 Å². The molecule has 0 bridgehead atoms. The number of nitrogens with zero attached hydrogens (tertiary/aromatic N) is 1. The summed E-state index contributed by atoms with van der Waals surface area (Å²) in [7, 11) is -0.360. The van der Waals surface area contributed by atoms with Gasteiger partial charge in [0.05, 0.1) is 0 Å². The van der Waals surface area contributed by atoms with E-state index in [4.69, 9.17) is 0 Å². The molecule has 1 aliphatic heterocycles. The van der Waals surface area contributed by atoms with Crippen LogP contribution in [0.5, 0.6) is 0 Å².